The van der Waals surface area contributed by atoms with Crippen molar-refractivity contribution in [2.75, 3.05) is 0 Å². The maximum atomic E-state index is 10.0. The summed E-state index contributed by atoms with van der Waals surface area (Å²) >= 11 is 3.47. The molecule has 2 atom stereocenters. The molecule has 1 aromatic rings. The first-order chi connectivity index (χ1) is 7.19. The lowest BCUT2D eigenvalue weighted by molar-refractivity contribution is 0.130. The highest BCUT2D eigenvalue weighted by molar-refractivity contribution is 9.10. The van der Waals surface area contributed by atoms with Gasteiger partial charge >= 0.3 is 0 Å². The molecule has 1 rings (SSSR count). The van der Waals surface area contributed by atoms with Gasteiger partial charge in [-0.05, 0) is 30.5 Å². The number of halogens is 1. The molecular weight excluding hydrogens is 252 g/mol. The van der Waals surface area contributed by atoms with E-state index in [0.29, 0.717) is 0 Å². The van der Waals surface area contributed by atoms with E-state index >= 15 is 0 Å². The second-order valence-corrected chi connectivity index (χ2v) is 4.84. The molecule has 0 bridgehead atoms. The Morgan fingerprint density at radius 3 is 2.60 bits per heavy atom. The molecule has 0 aromatic heterocycles. The third-order valence-corrected chi connectivity index (χ3v) is 3.26. The van der Waals surface area contributed by atoms with Crippen LogP contribution in [0.3, 0.4) is 0 Å². The van der Waals surface area contributed by atoms with Crippen LogP contribution in [0.5, 0.6) is 0 Å². The van der Waals surface area contributed by atoms with Crippen LogP contribution in [-0.4, -0.2) is 11.2 Å². The molecule has 2 heteroatoms. The normalized spacial score (nSPS) is 14.9. The average Bonchev–Trinajstić information content (AvgIpc) is 2.19. The molecule has 84 valence electrons. The maximum absolute atomic E-state index is 10.0. The summed E-state index contributed by atoms with van der Waals surface area (Å²) in [6.07, 6.45) is 2.68. The van der Waals surface area contributed by atoms with Crippen LogP contribution >= 0.6 is 15.9 Å². The van der Waals surface area contributed by atoms with Gasteiger partial charge in [-0.1, -0.05) is 48.3 Å². The summed E-state index contributed by atoms with van der Waals surface area (Å²) in [6, 6.07) is 8.24. The number of benzene rings is 1. The standard InChI is InChI=1S/C13H19BrO/c1-3-6-13(15)12(4-2)10-7-5-8-11(14)9-10/h5,7-9,12-13,15H,3-4,6H2,1-2H3. The van der Waals surface area contributed by atoms with Crippen molar-refractivity contribution in [1.29, 1.82) is 0 Å². The van der Waals surface area contributed by atoms with E-state index in [0.717, 1.165) is 23.7 Å². The van der Waals surface area contributed by atoms with E-state index < -0.39 is 0 Å². The summed E-state index contributed by atoms with van der Waals surface area (Å²) in [6.45, 7) is 4.24. The summed E-state index contributed by atoms with van der Waals surface area (Å²) in [7, 11) is 0. The van der Waals surface area contributed by atoms with Crippen LogP contribution in [-0.2, 0) is 0 Å². The highest BCUT2D eigenvalue weighted by atomic mass is 79.9. The first kappa shape index (κ1) is 12.7. The molecule has 1 nitrogen and oxygen atoms in total. The summed E-state index contributed by atoms with van der Waals surface area (Å²) in [4.78, 5) is 0. The van der Waals surface area contributed by atoms with Crippen molar-refractivity contribution in [3.8, 4) is 0 Å². The fraction of sp³-hybridized carbons (Fsp3) is 0.538. The summed E-state index contributed by atoms with van der Waals surface area (Å²) < 4.78 is 1.09. The molecule has 1 N–H and O–H groups in total. The fourth-order valence-corrected chi connectivity index (χ4v) is 2.38. The van der Waals surface area contributed by atoms with Crippen LogP contribution in [0.4, 0.5) is 0 Å². The van der Waals surface area contributed by atoms with Crippen LogP contribution in [0.15, 0.2) is 28.7 Å². The second-order valence-electron chi connectivity index (χ2n) is 3.93. The van der Waals surface area contributed by atoms with Crippen molar-refractivity contribution in [3.05, 3.63) is 34.3 Å². The van der Waals surface area contributed by atoms with Crippen molar-refractivity contribution in [1.82, 2.24) is 0 Å². The Morgan fingerprint density at radius 1 is 1.33 bits per heavy atom. The molecule has 0 saturated carbocycles. The summed E-state index contributed by atoms with van der Waals surface area (Å²) in [5.41, 5.74) is 1.23. The molecule has 0 aliphatic rings. The van der Waals surface area contributed by atoms with Crippen LogP contribution in [0, 0.1) is 0 Å². The molecule has 0 saturated heterocycles. The third-order valence-electron chi connectivity index (χ3n) is 2.77. The molecule has 15 heavy (non-hydrogen) atoms. The Balaban J connectivity index is 2.82. The smallest absolute Gasteiger partial charge is 0.0608 e. The minimum Gasteiger partial charge on any atom is -0.392 e. The number of aliphatic hydroxyl groups is 1. The van der Waals surface area contributed by atoms with Crippen molar-refractivity contribution < 1.29 is 5.11 Å². The zero-order valence-electron chi connectivity index (χ0n) is 9.41. The van der Waals surface area contributed by atoms with Gasteiger partial charge in [-0.3, -0.25) is 0 Å². The number of rotatable bonds is 5. The van der Waals surface area contributed by atoms with Crippen molar-refractivity contribution in [2.24, 2.45) is 0 Å². The first-order valence-corrected chi connectivity index (χ1v) is 6.41. The molecule has 0 amide bonds. The topological polar surface area (TPSA) is 20.2 Å². The van der Waals surface area contributed by atoms with E-state index in [1.807, 2.05) is 12.1 Å². The van der Waals surface area contributed by atoms with Gasteiger partial charge in [0.05, 0.1) is 6.10 Å². The minimum absolute atomic E-state index is 0.214. The number of hydrogen-bond acceptors (Lipinski definition) is 1. The van der Waals surface area contributed by atoms with Crippen LogP contribution in [0.2, 0.25) is 0 Å². The van der Waals surface area contributed by atoms with Gasteiger partial charge in [0.25, 0.3) is 0 Å². The van der Waals surface area contributed by atoms with Crippen LogP contribution in [0.25, 0.3) is 0 Å². The molecule has 2 unspecified atom stereocenters. The predicted molar refractivity (Wildman–Crippen MR) is 68.1 cm³/mol. The zero-order chi connectivity index (χ0) is 11.3. The molecule has 0 fully saturated rings. The van der Waals surface area contributed by atoms with E-state index in [1.54, 1.807) is 0 Å². The van der Waals surface area contributed by atoms with E-state index in [9.17, 15) is 5.11 Å². The Labute approximate surface area is 101 Å². The maximum Gasteiger partial charge on any atom is 0.0608 e. The molecule has 0 spiro atoms. The lowest BCUT2D eigenvalue weighted by Gasteiger charge is -2.21. The molecule has 0 aliphatic heterocycles. The summed E-state index contributed by atoms with van der Waals surface area (Å²) in [5, 5.41) is 10.0. The average molecular weight is 271 g/mol. The lowest BCUT2D eigenvalue weighted by atomic mass is 9.89. The predicted octanol–water partition coefficient (Wildman–Crippen LogP) is 4.10. The van der Waals surface area contributed by atoms with Gasteiger partial charge in [-0.2, -0.15) is 0 Å². The van der Waals surface area contributed by atoms with Gasteiger partial charge in [0.2, 0.25) is 0 Å². The fourth-order valence-electron chi connectivity index (χ4n) is 1.96. The van der Waals surface area contributed by atoms with Gasteiger partial charge < -0.3 is 5.11 Å². The summed E-state index contributed by atoms with van der Waals surface area (Å²) in [5.74, 6) is 0.266. The van der Waals surface area contributed by atoms with Crippen LogP contribution < -0.4 is 0 Å². The monoisotopic (exact) mass is 270 g/mol. The van der Waals surface area contributed by atoms with E-state index in [1.165, 1.54) is 5.56 Å². The molecular formula is C13H19BrO. The van der Waals surface area contributed by atoms with Crippen molar-refractivity contribution in [2.45, 2.75) is 45.1 Å². The SMILES string of the molecule is CCCC(O)C(CC)c1cccc(Br)c1. The van der Waals surface area contributed by atoms with Gasteiger partial charge in [0, 0.05) is 10.4 Å². The van der Waals surface area contributed by atoms with E-state index in [-0.39, 0.29) is 12.0 Å². The zero-order valence-corrected chi connectivity index (χ0v) is 11.0. The van der Waals surface area contributed by atoms with E-state index in [4.69, 9.17) is 0 Å². The van der Waals surface area contributed by atoms with Crippen molar-refractivity contribution in [3.63, 3.8) is 0 Å². The van der Waals surface area contributed by atoms with Gasteiger partial charge in [0.1, 0.15) is 0 Å². The van der Waals surface area contributed by atoms with Gasteiger partial charge in [-0.15, -0.1) is 0 Å². The lowest BCUT2D eigenvalue weighted by Crippen LogP contribution is -2.17. The Bertz CT molecular complexity index is 298. The Hall–Kier alpha value is -0.340. The van der Waals surface area contributed by atoms with Crippen molar-refractivity contribution >= 4 is 15.9 Å². The minimum atomic E-state index is -0.214. The highest BCUT2D eigenvalue weighted by Gasteiger charge is 2.18. The second kappa shape index (κ2) is 6.29. The molecule has 0 aliphatic carbocycles. The first-order valence-electron chi connectivity index (χ1n) is 5.62. The third kappa shape index (κ3) is 3.62. The Kier molecular flexibility index (Phi) is 5.34. The van der Waals surface area contributed by atoms with E-state index in [2.05, 4.69) is 41.9 Å². The number of aliphatic hydroxyl groups excluding tert-OH is 1. The van der Waals surface area contributed by atoms with Gasteiger partial charge in [-0.25, -0.2) is 0 Å². The Morgan fingerprint density at radius 2 is 2.07 bits per heavy atom. The highest BCUT2D eigenvalue weighted by Crippen LogP contribution is 2.27. The van der Waals surface area contributed by atoms with Gasteiger partial charge in [0.15, 0.2) is 0 Å². The molecule has 0 radical (unpaired) electrons. The quantitative estimate of drug-likeness (QED) is 0.854. The molecule has 0 heterocycles. The largest absolute Gasteiger partial charge is 0.392 e. The number of hydrogen-bond donors (Lipinski definition) is 1. The van der Waals surface area contributed by atoms with Crippen LogP contribution in [0.1, 0.15) is 44.6 Å². The molecule has 1 aromatic carbocycles.